The summed E-state index contributed by atoms with van der Waals surface area (Å²) in [4.78, 5) is 0. The molecule has 7 heteroatoms. The Bertz CT molecular complexity index is 582. The Kier molecular flexibility index (Phi) is 3.84. The van der Waals surface area contributed by atoms with Crippen LogP contribution in [0.25, 0.3) is 5.69 Å². The summed E-state index contributed by atoms with van der Waals surface area (Å²) in [6.45, 7) is 1.97. The van der Waals surface area contributed by atoms with Gasteiger partial charge in [-0.2, -0.15) is 0 Å². The van der Waals surface area contributed by atoms with Crippen molar-refractivity contribution >= 4 is 0 Å². The van der Waals surface area contributed by atoms with Gasteiger partial charge in [-0.25, -0.2) is 17.9 Å². The van der Waals surface area contributed by atoms with Crippen molar-refractivity contribution in [2.45, 2.75) is 25.8 Å². The number of aromatic nitrogens is 3. The zero-order valence-electron chi connectivity index (χ0n) is 10.3. The molecule has 2 aromatic rings. The van der Waals surface area contributed by atoms with E-state index in [1.807, 2.05) is 6.92 Å². The molecule has 0 saturated heterocycles. The molecule has 2 N–H and O–H groups in total. The Morgan fingerprint density at radius 1 is 1.21 bits per heavy atom. The summed E-state index contributed by atoms with van der Waals surface area (Å²) in [6.07, 6.45) is 2.99. The summed E-state index contributed by atoms with van der Waals surface area (Å²) in [7, 11) is 0. The van der Waals surface area contributed by atoms with E-state index in [0.717, 1.165) is 17.2 Å². The minimum Gasteiger partial charge on any atom is -0.323 e. The molecular weight excluding hydrogens is 257 g/mol. The second-order valence-electron chi connectivity index (χ2n) is 4.20. The van der Waals surface area contributed by atoms with E-state index >= 15 is 0 Å². The molecule has 1 unspecified atom stereocenters. The van der Waals surface area contributed by atoms with Crippen molar-refractivity contribution in [1.29, 1.82) is 0 Å². The molecule has 0 bridgehead atoms. The lowest BCUT2D eigenvalue weighted by Crippen LogP contribution is -2.10. The number of nitrogens with zero attached hydrogens (tertiary/aromatic N) is 3. The zero-order valence-corrected chi connectivity index (χ0v) is 10.3. The highest BCUT2D eigenvalue weighted by Gasteiger charge is 2.15. The van der Waals surface area contributed by atoms with Gasteiger partial charge in [0.15, 0.2) is 17.5 Å². The number of hydrogen-bond acceptors (Lipinski definition) is 3. The molecule has 0 aliphatic carbocycles. The average molecular weight is 270 g/mol. The number of halogens is 3. The van der Waals surface area contributed by atoms with Crippen molar-refractivity contribution in [3.05, 3.63) is 41.5 Å². The smallest absolute Gasteiger partial charge is 0.161 e. The van der Waals surface area contributed by atoms with Crippen LogP contribution in [0.3, 0.4) is 0 Å². The first-order valence-electron chi connectivity index (χ1n) is 5.85. The summed E-state index contributed by atoms with van der Waals surface area (Å²) < 4.78 is 40.5. The van der Waals surface area contributed by atoms with Gasteiger partial charge in [0.2, 0.25) is 0 Å². The van der Waals surface area contributed by atoms with Crippen LogP contribution in [-0.4, -0.2) is 15.0 Å². The van der Waals surface area contributed by atoms with Gasteiger partial charge in [0, 0.05) is 12.1 Å². The van der Waals surface area contributed by atoms with Gasteiger partial charge in [-0.1, -0.05) is 18.6 Å². The van der Waals surface area contributed by atoms with E-state index in [1.54, 1.807) is 0 Å². The van der Waals surface area contributed by atoms with E-state index in [2.05, 4.69) is 10.3 Å². The maximum atomic E-state index is 13.5. The Morgan fingerprint density at radius 2 is 1.89 bits per heavy atom. The predicted octanol–water partition coefficient (Wildman–Crippen LogP) is 2.48. The van der Waals surface area contributed by atoms with Crippen LogP contribution in [0.15, 0.2) is 18.3 Å². The maximum Gasteiger partial charge on any atom is 0.161 e. The molecular formula is C12H13F3N4. The normalized spacial score (nSPS) is 12.7. The molecule has 1 heterocycles. The first-order chi connectivity index (χ1) is 9.02. The number of rotatable bonds is 4. The zero-order chi connectivity index (χ0) is 14.0. The largest absolute Gasteiger partial charge is 0.323 e. The van der Waals surface area contributed by atoms with Gasteiger partial charge in [-0.3, -0.25) is 0 Å². The van der Waals surface area contributed by atoms with Crippen LogP contribution >= 0.6 is 0 Å². The second kappa shape index (κ2) is 5.40. The highest BCUT2D eigenvalue weighted by atomic mass is 19.2. The third kappa shape index (κ3) is 2.76. The standard InChI is InChI=1S/C12H13F3N4/c1-2-3-10(16)11-6-19(18-17-11)12-5-8(14)7(13)4-9(12)15/h4-6,10H,2-3,16H2,1H3. The first-order valence-corrected chi connectivity index (χ1v) is 5.85. The van der Waals surface area contributed by atoms with Crippen LogP contribution in [0.5, 0.6) is 0 Å². The molecule has 0 fully saturated rings. The third-order valence-corrected chi connectivity index (χ3v) is 2.73. The van der Waals surface area contributed by atoms with E-state index in [0.29, 0.717) is 18.2 Å². The van der Waals surface area contributed by atoms with Gasteiger partial charge >= 0.3 is 0 Å². The molecule has 0 radical (unpaired) electrons. The van der Waals surface area contributed by atoms with Gasteiger partial charge in [-0.15, -0.1) is 5.10 Å². The average Bonchev–Trinajstić information content (AvgIpc) is 2.83. The Balaban J connectivity index is 2.35. The summed E-state index contributed by atoms with van der Waals surface area (Å²) in [5.74, 6) is -3.31. The van der Waals surface area contributed by atoms with Crippen molar-refractivity contribution in [2.75, 3.05) is 0 Å². The van der Waals surface area contributed by atoms with Crippen molar-refractivity contribution in [3.8, 4) is 5.69 Å². The van der Waals surface area contributed by atoms with Crippen LogP contribution < -0.4 is 5.73 Å². The van der Waals surface area contributed by atoms with Crippen LogP contribution in [0.4, 0.5) is 13.2 Å². The van der Waals surface area contributed by atoms with E-state index in [4.69, 9.17) is 5.73 Å². The van der Waals surface area contributed by atoms with Crippen LogP contribution in [0.2, 0.25) is 0 Å². The Morgan fingerprint density at radius 3 is 2.58 bits per heavy atom. The highest BCUT2D eigenvalue weighted by molar-refractivity contribution is 5.33. The predicted molar refractivity (Wildman–Crippen MR) is 63.1 cm³/mol. The second-order valence-corrected chi connectivity index (χ2v) is 4.20. The van der Waals surface area contributed by atoms with E-state index in [-0.39, 0.29) is 11.7 Å². The summed E-state index contributed by atoms with van der Waals surface area (Å²) >= 11 is 0. The van der Waals surface area contributed by atoms with Gasteiger partial charge in [-0.05, 0) is 6.42 Å². The lowest BCUT2D eigenvalue weighted by atomic mass is 10.1. The summed E-state index contributed by atoms with van der Waals surface area (Å²) in [6, 6.07) is 0.888. The molecule has 2 rings (SSSR count). The first kappa shape index (κ1) is 13.5. The van der Waals surface area contributed by atoms with E-state index < -0.39 is 17.5 Å². The fourth-order valence-corrected chi connectivity index (χ4v) is 1.71. The van der Waals surface area contributed by atoms with Crippen LogP contribution in [0, 0.1) is 17.5 Å². The van der Waals surface area contributed by atoms with Crippen LogP contribution in [0.1, 0.15) is 31.5 Å². The summed E-state index contributed by atoms with van der Waals surface area (Å²) in [5, 5.41) is 7.49. The quantitative estimate of drug-likeness (QED) is 0.868. The van der Waals surface area contributed by atoms with E-state index in [9.17, 15) is 13.2 Å². The third-order valence-electron chi connectivity index (χ3n) is 2.73. The van der Waals surface area contributed by atoms with E-state index in [1.165, 1.54) is 6.20 Å². The fourth-order valence-electron chi connectivity index (χ4n) is 1.71. The topological polar surface area (TPSA) is 56.7 Å². The van der Waals surface area contributed by atoms with Gasteiger partial charge in [0.25, 0.3) is 0 Å². The van der Waals surface area contributed by atoms with Gasteiger partial charge < -0.3 is 5.73 Å². The molecule has 1 atom stereocenters. The fraction of sp³-hybridized carbons (Fsp3) is 0.333. The molecule has 0 spiro atoms. The molecule has 4 nitrogen and oxygen atoms in total. The summed E-state index contributed by atoms with van der Waals surface area (Å²) in [5.41, 5.74) is 6.12. The van der Waals surface area contributed by atoms with Crippen molar-refractivity contribution in [1.82, 2.24) is 15.0 Å². The molecule has 102 valence electrons. The molecule has 0 aliphatic heterocycles. The SMILES string of the molecule is CCCC(N)c1cn(-c2cc(F)c(F)cc2F)nn1. The minimum absolute atomic E-state index is 0.207. The Hall–Kier alpha value is -1.89. The lowest BCUT2D eigenvalue weighted by molar-refractivity contribution is 0.491. The monoisotopic (exact) mass is 270 g/mol. The highest BCUT2D eigenvalue weighted by Crippen LogP contribution is 2.19. The molecule has 1 aromatic heterocycles. The molecule has 1 aromatic carbocycles. The maximum absolute atomic E-state index is 13.5. The lowest BCUT2D eigenvalue weighted by Gasteiger charge is -2.05. The number of benzene rings is 1. The Labute approximate surface area is 108 Å². The van der Waals surface area contributed by atoms with Crippen molar-refractivity contribution < 1.29 is 13.2 Å². The van der Waals surface area contributed by atoms with Gasteiger partial charge in [0.05, 0.1) is 17.9 Å². The molecule has 0 amide bonds. The van der Waals surface area contributed by atoms with Crippen molar-refractivity contribution in [2.24, 2.45) is 5.73 Å². The molecule has 0 saturated carbocycles. The molecule has 0 aliphatic rings. The van der Waals surface area contributed by atoms with Crippen molar-refractivity contribution in [3.63, 3.8) is 0 Å². The minimum atomic E-state index is -1.25. The number of hydrogen-bond donors (Lipinski definition) is 1. The van der Waals surface area contributed by atoms with Crippen LogP contribution in [-0.2, 0) is 0 Å². The number of nitrogens with two attached hydrogens (primary N) is 1. The molecule has 19 heavy (non-hydrogen) atoms. The van der Waals surface area contributed by atoms with Gasteiger partial charge in [0.1, 0.15) is 5.69 Å².